The molecule has 4 nitrogen and oxygen atoms in total. The SMILES string of the molecule is Fc1ccc2c(c1)Cn1cc(CCc3ncc4cccc(F)c4n3)nc1-2. The number of hydrogen-bond acceptors (Lipinski definition) is 3. The van der Waals surface area contributed by atoms with Crippen LogP contribution in [0.3, 0.4) is 0 Å². The van der Waals surface area contributed by atoms with E-state index in [0.717, 1.165) is 22.6 Å². The lowest BCUT2D eigenvalue weighted by molar-refractivity contribution is 0.625. The molecule has 2 aromatic carbocycles. The second kappa shape index (κ2) is 5.69. The number of halogens is 2. The summed E-state index contributed by atoms with van der Waals surface area (Å²) in [5, 5.41) is 0.693. The average molecular weight is 348 g/mol. The van der Waals surface area contributed by atoms with E-state index in [1.54, 1.807) is 30.5 Å². The topological polar surface area (TPSA) is 43.6 Å². The summed E-state index contributed by atoms with van der Waals surface area (Å²) in [6.07, 6.45) is 4.88. The molecule has 0 fully saturated rings. The highest BCUT2D eigenvalue weighted by Gasteiger charge is 2.21. The van der Waals surface area contributed by atoms with E-state index in [4.69, 9.17) is 0 Å². The first-order valence-corrected chi connectivity index (χ1v) is 8.42. The van der Waals surface area contributed by atoms with Crippen molar-refractivity contribution in [3.05, 3.63) is 77.5 Å². The van der Waals surface area contributed by atoms with E-state index in [-0.39, 0.29) is 11.6 Å². The average Bonchev–Trinajstić information content (AvgIpc) is 3.17. The van der Waals surface area contributed by atoms with Crippen LogP contribution in [-0.4, -0.2) is 19.5 Å². The summed E-state index contributed by atoms with van der Waals surface area (Å²) in [7, 11) is 0. The third-order valence-corrected chi connectivity index (χ3v) is 4.69. The van der Waals surface area contributed by atoms with Crippen LogP contribution < -0.4 is 0 Å². The maximum atomic E-state index is 13.9. The molecule has 6 heteroatoms. The van der Waals surface area contributed by atoms with Crippen LogP contribution in [0.25, 0.3) is 22.3 Å². The standard InChI is InChI=1S/C20H14F2N4/c21-14-4-6-16-13(8-14)10-26-11-15(24-20(16)26)5-7-18-23-9-12-2-1-3-17(22)19(12)25-18/h1-4,6,8-9,11H,5,7,10H2. The van der Waals surface area contributed by atoms with Crippen molar-refractivity contribution in [2.24, 2.45) is 0 Å². The predicted octanol–water partition coefficient (Wildman–Crippen LogP) is 3.92. The minimum absolute atomic E-state index is 0.226. The highest BCUT2D eigenvalue weighted by Crippen LogP contribution is 2.31. The second-order valence-corrected chi connectivity index (χ2v) is 6.45. The van der Waals surface area contributed by atoms with E-state index in [1.807, 2.05) is 10.8 Å². The fraction of sp³-hybridized carbons (Fsp3) is 0.150. The van der Waals surface area contributed by atoms with E-state index in [0.29, 0.717) is 36.1 Å². The van der Waals surface area contributed by atoms with Crippen molar-refractivity contribution in [1.29, 1.82) is 0 Å². The largest absolute Gasteiger partial charge is 0.326 e. The Balaban J connectivity index is 1.38. The monoisotopic (exact) mass is 348 g/mol. The summed E-state index contributed by atoms with van der Waals surface area (Å²) in [6, 6.07) is 9.63. The van der Waals surface area contributed by atoms with Gasteiger partial charge < -0.3 is 4.57 Å². The molecule has 0 atom stereocenters. The molecule has 1 aliphatic heterocycles. The van der Waals surface area contributed by atoms with Gasteiger partial charge in [-0.2, -0.15) is 0 Å². The molecule has 2 aromatic heterocycles. The first-order valence-electron chi connectivity index (χ1n) is 8.42. The molecule has 0 saturated heterocycles. The molecule has 0 saturated carbocycles. The van der Waals surface area contributed by atoms with Crippen LogP contribution in [0.1, 0.15) is 17.1 Å². The Morgan fingerprint density at radius 3 is 2.88 bits per heavy atom. The third-order valence-electron chi connectivity index (χ3n) is 4.69. The Hall–Kier alpha value is -3.15. The Labute approximate surface area is 148 Å². The lowest BCUT2D eigenvalue weighted by atomic mass is 10.1. The van der Waals surface area contributed by atoms with Gasteiger partial charge in [0.05, 0.1) is 5.69 Å². The molecule has 0 spiro atoms. The van der Waals surface area contributed by atoms with Crippen molar-refractivity contribution in [2.45, 2.75) is 19.4 Å². The summed E-state index contributed by atoms with van der Waals surface area (Å²) < 4.78 is 29.3. The molecule has 0 N–H and O–H groups in total. The molecule has 3 heterocycles. The molecule has 0 unspecified atom stereocenters. The van der Waals surface area contributed by atoms with Crippen LogP contribution in [0.15, 0.2) is 48.8 Å². The molecule has 128 valence electrons. The molecule has 0 aliphatic carbocycles. The quantitative estimate of drug-likeness (QED) is 0.496. The summed E-state index contributed by atoms with van der Waals surface area (Å²) in [5.41, 5.74) is 3.20. The van der Waals surface area contributed by atoms with Gasteiger partial charge in [0.25, 0.3) is 0 Å². The zero-order chi connectivity index (χ0) is 17.7. The number of hydrogen-bond donors (Lipinski definition) is 0. The van der Waals surface area contributed by atoms with Gasteiger partial charge in [-0.05, 0) is 36.2 Å². The molecular weight excluding hydrogens is 334 g/mol. The van der Waals surface area contributed by atoms with Gasteiger partial charge in [-0.1, -0.05) is 12.1 Å². The fourth-order valence-electron chi connectivity index (χ4n) is 3.44. The number of imidazole rings is 1. The Bertz CT molecular complexity index is 1150. The lowest BCUT2D eigenvalue weighted by Crippen LogP contribution is -2.00. The lowest BCUT2D eigenvalue weighted by Gasteiger charge is -2.02. The van der Waals surface area contributed by atoms with Gasteiger partial charge in [0.2, 0.25) is 0 Å². The third kappa shape index (κ3) is 2.45. The van der Waals surface area contributed by atoms with Crippen molar-refractivity contribution in [3.8, 4) is 11.4 Å². The van der Waals surface area contributed by atoms with Gasteiger partial charge in [0.1, 0.15) is 28.8 Å². The molecule has 0 amide bonds. The van der Waals surface area contributed by atoms with Crippen molar-refractivity contribution >= 4 is 10.9 Å². The van der Waals surface area contributed by atoms with E-state index in [2.05, 4.69) is 15.0 Å². The molecular formula is C20H14F2N4. The van der Waals surface area contributed by atoms with Crippen LogP contribution in [0.5, 0.6) is 0 Å². The van der Waals surface area contributed by atoms with E-state index < -0.39 is 0 Å². The van der Waals surface area contributed by atoms with Gasteiger partial charge in [0, 0.05) is 36.3 Å². The van der Waals surface area contributed by atoms with Crippen molar-refractivity contribution in [1.82, 2.24) is 19.5 Å². The maximum Gasteiger partial charge on any atom is 0.149 e. The number of fused-ring (bicyclic) bond motifs is 4. The summed E-state index contributed by atoms with van der Waals surface area (Å²) >= 11 is 0. The van der Waals surface area contributed by atoms with Gasteiger partial charge in [-0.15, -0.1) is 0 Å². The van der Waals surface area contributed by atoms with Crippen LogP contribution in [0.2, 0.25) is 0 Å². The number of para-hydroxylation sites is 1. The molecule has 0 radical (unpaired) electrons. The molecule has 1 aliphatic rings. The van der Waals surface area contributed by atoms with Gasteiger partial charge in [0.15, 0.2) is 0 Å². The normalized spacial score (nSPS) is 12.4. The molecule has 26 heavy (non-hydrogen) atoms. The Morgan fingerprint density at radius 1 is 1.04 bits per heavy atom. The van der Waals surface area contributed by atoms with E-state index in [1.165, 1.54) is 12.1 Å². The Kier molecular flexibility index (Phi) is 3.31. The smallest absolute Gasteiger partial charge is 0.149 e. The summed E-state index contributed by atoms with van der Waals surface area (Å²) in [6.45, 7) is 0.632. The Morgan fingerprint density at radius 2 is 1.96 bits per heavy atom. The fourth-order valence-corrected chi connectivity index (χ4v) is 3.44. The minimum atomic E-state index is -0.337. The number of aromatic nitrogens is 4. The number of nitrogens with zero attached hydrogens (tertiary/aromatic N) is 4. The molecule has 0 bridgehead atoms. The second-order valence-electron chi connectivity index (χ2n) is 6.45. The highest BCUT2D eigenvalue weighted by atomic mass is 19.1. The van der Waals surface area contributed by atoms with Crippen molar-refractivity contribution in [3.63, 3.8) is 0 Å². The maximum absolute atomic E-state index is 13.9. The van der Waals surface area contributed by atoms with Gasteiger partial charge in [-0.25, -0.2) is 23.7 Å². The van der Waals surface area contributed by atoms with Crippen LogP contribution in [-0.2, 0) is 19.4 Å². The van der Waals surface area contributed by atoms with Crippen LogP contribution in [0.4, 0.5) is 8.78 Å². The molecule has 5 rings (SSSR count). The zero-order valence-corrected chi connectivity index (χ0v) is 13.8. The van der Waals surface area contributed by atoms with E-state index in [9.17, 15) is 8.78 Å². The zero-order valence-electron chi connectivity index (χ0n) is 13.8. The van der Waals surface area contributed by atoms with Crippen LogP contribution >= 0.6 is 0 Å². The molecule has 4 aromatic rings. The van der Waals surface area contributed by atoms with Crippen LogP contribution in [0, 0.1) is 11.6 Å². The summed E-state index contributed by atoms with van der Waals surface area (Å²) in [4.78, 5) is 13.3. The first-order chi connectivity index (χ1) is 12.7. The summed E-state index contributed by atoms with van der Waals surface area (Å²) in [5.74, 6) is 0.894. The number of benzene rings is 2. The highest BCUT2D eigenvalue weighted by molar-refractivity contribution is 5.78. The minimum Gasteiger partial charge on any atom is -0.326 e. The van der Waals surface area contributed by atoms with Crippen molar-refractivity contribution < 1.29 is 8.78 Å². The number of rotatable bonds is 3. The predicted molar refractivity (Wildman–Crippen MR) is 93.6 cm³/mol. The van der Waals surface area contributed by atoms with Crippen molar-refractivity contribution in [2.75, 3.05) is 0 Å². The van der Waals surface area contributed by atoms with Gasteiger partial charge in [-0.3, -0.25) is 0 Å². The van der Waals surface area contributed by atoms with E-state index >= 15 is 0 Å². The van der Waals surface area contributed by atoms with Gasteiger partial charge >= 0.3 is 0 Å². The first kappa shape index (κ1) is 15.1. The number of aryl methyl sites for hydroxylation is 2.